The van der Waals surface area contributed by atoms with Crippen LogP contribution in [0.25, 0.3) is 17.4 Å². The number of oxazole rings is 1. The molecule has 0 fully saturated rings. The predicted molar refractivity (Wildman–Crippen MR) is 136 cm³/mol. The predicted octanol–water partition coefficient (Wildman–Crippen LogP) is 6.41. The SMILES string of the molecule is CC.CC.CC(C)Cc1ncc(F)cn1.COc1cccc(C)c1-n1c(C)nnc1-c1ncco1. The first kappa shape index (κ1) is 29.4. The van der Waals surface area contributed by atoms with E-state index in [9.17, 15) is 4.39 Å². The highest BCUT2D eigenvalue weighted by atomic mass is 19.1. The Morgan fingerprint density at radius 3 is 2.20 bits per heavy atom. The number of ether oxygens (including phenoxy) is 1. The van der Waals surface area contributed by atoms with Crippen LogP contribution in [-0.4, -0.2) is 36.8 Å². The van der Waals surface area contributed by atoms with Gasteiger partial charge in [-0.25, -0.2) is 19.3 Å². The van der Waals surface area contributed by atoms with Crippen molar-refractivity contribution in [1.29, 1.82) is 0 Å². The summed E-state index contributed by atoms with van der Waals surface area (Å²) in [6.07, 6.45) is 6.30. The number of hydrogen-bond donors (Lipinski definition) is 0. The summed E-state index contributed by atoms with van der Waals surface area (Å²) in [7, 11) is 1.64. The molecule has 0 amide bonds. The molecule has 3 heterocycles. The van der Waals surface area contributed by atoms with E-state index in [1.807, 2.05) is 64.3 Å². The molecule has 0 aliphatic heterocycles. The molecule has 8 nitrogen and oxygen atoms in total. The Labute approximate surface area is 207 Å². The molecule has 0 saturated carbocycles. The summed E-state index contributed by atoms with van der Waals surface area (Å²) in [6.45, 7) is 16.0. The third-order valence-corrected chi connectivity index (χ3v) is 4.36. The minimum Gasteiger partial charge on any atom is -0.495 e. The third kappa shape index (κ3) is 8.27. The van der Waals surface area contributed by atoms with Crippen molar-refractivity contribution in [3.63, 3.8) is 0 Å². The van der Waals surface area contributed by atoms with Gasteiger partial charge in [0.25, 0.3) is 5.89 Å². The molecule has 3 aromatic heterocycles. The van der Waals surface area contributed by atoms with Crippen LogP contribution in [0.2, 0.25) is 0 Å². The number of hydrogen-bond acceptors (Lipinski definition) is 7. The highest BCUT2D eigenvalue weighted by molar-refractivity contribution is 5.58. The van der Waals surface area contributed by atoms with Gasteiger partial charge < -0.3 is 9.15 Å². The number of aryl methyl sites for hydroxylation is 2. The third-order valence-electron chi connectivity index (χ3n) is 4.36. The number of nitrogens with zero attached hydrogens (tertiary/aromatic N) is 6. The maximum atomic E-state index is 12.3. The zero-order valence-corrected chi connectivity index (χ0v) is 22.2. The van der Waals surface area contributed by atoms with Crippen molar-refractivity contribution >= 4 is 0 Å². The maximum absolute atomic E-state index is 12.3. The van der Waals surface area contributed by atoms with E-state index in [2.05, 4.69) is 39.0 Å². The normalized spacial score (nSPS) is 9.80. The molecule has 0 aliphatic rings. The van der Waals surface area contributed by atoms with Crippen molar-refractivity contribution in [2.75, 3.05) is 7.11 Å². The Kier molecular flexibility index (Phi) is 12.9. The molecule has 4 rings (SSSR count). The molecule has 0 spiro atoms. The van der Waals surface area contributed by atoms with E-state index >= 15 is 0 Å². The summed E-state index contributed by atoms with van der Waals surface area (Å²) in [5, 5.41) is 8.28. The Morgan fingerprint density at radius 1 is 1.00 bits per heavy atom. The summed E-state index contributed by atoms with van der Waals surface area (Å²) in [4.78, 5) is 11.8. The van der Waals surface area contributed by atoms with Gasteiger partial charge in [0.05, 0.1) is 31.4 Å². The molecule has 0 unspecified atom stereocenters. The Morgan fingerprint density at radius 2 is 1.66 bits per heavy atom. The molecule has 1 aromatic carbocycles. The van der Waals surface area contributed by atoms with Crippen molar-refractivity contribution in [1.82, 2.24) is 29.7 Å². The number of aromatic nitrogens is 6. The van der Waals surface area contributed by atoms with Crippen LogP contribution < -0.4 is 4.74 Å². The largest absolute Gasteiger partial charge is 0.495 e. The van der Waals surface area contributed by atoms with Gasteiger partial charge in [0.2, 0.25) is 5.82 Å². The fourth-order valence-corrected chi connectivity index (χ4v) is 3.00. The number of halogens is 1. The zero-order valence-electron chi connectivity index (χ0n) is 22.2. The van der Waals surface area contributed by atoms with Crippen LogP contribution in [0, 0.1) is 25.6 Å². The highest BCUT2D eigenvalue weighted by Gasteiger charge is 2.20. The molecule has 0 atom stereocenters. The van der Waals surface area contributed by atoms with Crippen LogP contribution in [0.4, 0.5) is 4.39 Å². The molecule has 190 valence electrons. The number of methoxy groups -OCH3 is 1. The van der Waals surface area contributed by atoms with Gasteiger partial charge >= 0.3 is 0 Å². The highest BCUT2D eigenvalue weighted by Crippen LogP contribution is 2.30. The van der Waals surface area contributed by atoms with Gasteiger partial charge in [-0.05, 0) is 31.4 Å². The molecule has 0 radical (unpaired) electrons. The Bertz CT molecular complexity index is 1110. The number of benzene rings is 1. The lowest BCUT2D eigenvalue weighted by atomic mass is 10.1. The lowest BCUT2D eigenvalue weighted by molar-refractivity contribution is 0.412. The molecule has 0 aliphatic carbocycles. The first-order valence-corrected chi connectivity index (χ1v) is 11.8. The van der Waals surface area contributed by atoms with Crippen molar-refractivity contribution < 1.29 is 13.5 Å². The van der Waals surface area contributed by atoms with E-state index in [0.29, 0.717) is 23.5 Å². The van der Waals surface area contributed by atoms with Gasteiger partial charge in [-0.2, -0.15) is 0 Å². The minimum absolute atomic E-state index is 0.377. The molecule has 0 saturated heterocycles. The summed E-state index contributed by atoms with van der Waals surface area (Å²) in [5.41, 5.74) is 1.95. The minimum atomic E-state index is -0.377. The smallest absolute Gasteiger partial charge is 0.265 e. The molecular weight excluding hydrogens is 447 g/mol. The topological polar surface area (TPSA) is 91.8 Å². The fourth-order valence-electron chi connectivity index (χ4n) is 3.00. The van der Waals surface area contributed by atoms with E-state index in [1.54, 1.807) is 13.3 Å². The number of para-hydroxylation sites is 1. The lowest BCUT2D eigenvalue weighted by Gasteiger charge is -2.14. The summed E-state index contributed by atoms with van der Waals surface area (Å²) >= 11 is 0. The second-order valence-electron chi connectivity index (χ2n) is 7.28. The second kappa shape index (κ2) is 15.3. The fraction of sp³-hybridized carbons (Fsp3) is 0.423. The summed E-state index contributed by atoms with van der Waals surface area (Å²) < 4.78 is 25.0. The molecule has 9 heteroatoms. The zero-order chi connectivity index (χ0) is 26.4. The van der Waals surface area contributed by atoms with Crippen molar-refractivity contribution in [3.8, 4) is 23.2 Å². The van der Waals surface area contributed by atoms with Crippen LogP contribution in [0.5, 0.6) is 5.75 Å². The van der Waals surface area contributed by atoms with E-state index in [4.69, 9.17) is 9.15 Å². The van der Waals surface area contributed by atoms with Gasteiger partial charge in [0.15, 0.2) is 5.82 Å². The lowest BCUT2D eigenvalue weighted by Crippen LogP contribution is -2.04. The average Bonchev–Trinajstić information content (AvgIpc) is 3.53. The van der Waals surface area contributed by atoms with Crippen molar-refractivity contribution in [2.45, 2.75) is 61.8 Å². The Hall–Kier alpha value is -3.62. The van der Waals surface area contributed by atoms with Crippen LogP contribution in [0.1, 0.15) is 58.8 Å². The molecular formula is C26H37FN6O2. The first-order chi connectivity index (χ1) is 16.9. The van der Waals surface area contributed by atoms with Crippen LogP contribution in [0.15, 0.2) is 47.5 Å². The summed E-state index contributed by atoms with van der Waals surface area (Å²) in [5.74, 6) is 3.32. The van der Waals surface area contributed by atoms with Crippen LogP contribution in [0.3, 0.4) is 0 Å². The monoisotopic (exact) mass is 484 g/mol. The van der Waals surface area contributed by atoms with Gasteiger partial charge in [0, 0.05) is 6.42 Å². The van der Waals surface area contributed by atoms with Gasteiger partial charge in [-0.1, -0.05) is 53.7 Å². The average molecular weight is 485 g/mol. The standard InChI is InChI=1S/C14H14N4O2.C8H11FN2.2C2H6/c1-9-5-4-6-11(19-3)12(9)18-10(2)16-17-13(18)14-15-7-8-20-14;1-6(2)3-8-10-4-7(9)5-11-8;2*1-2/h4-8H,1-3H3;4-6H,3H2,1-2H3;2*1-2H3. The molecule has 0 N–H and O–H groups in total. The molecule has 0 bridgehead atoms. The quantitative estimate of drug-likeness (QED) is 0.323. The van der Waals surface area contributed by atoms with Crippen molar-refractivity contribution in [3.05, 3.63) is 66.1 Å². The first-order valence-electron chi connectivity index (χ1n) is 11.8. The van der Waals surface area contributed by atoms with Crippen molar-refractivity contribution in [2.24, 2.45) is 5.92 Å². The number of rotatable bonds is 5. The maximum Gasteiger partial charge on any atom is 0.265 e. The van der Waals surface area contributed by atoms with E-state index < -0.39 is 0 Å². The van der Waals surface area contributed by atoms with Crippen LogP contribution >= 0.6 is 0 Å². The molecule has 4 aromatic rings. The van der Waals surface area contributed by atoms with E-state index in [1.165, 1.54) is 18.7 Å². The second-order valence-corrected chi connectivity index (χ2v) is 7.28. The van der Waals surface area contributed by atoms with E-state index in [-0.39, 0.29) is 5.82 Å². The molecule has 35 heavy (non-hydrogen) atoms. The van der Waals surface area contributed by atoms with E-state index in [0.717, 1.165) is 29.2 Å². The summed E-state index contributed by atoms with van der Waals surface area (Å²) in [6, 6.07) is 5.86. The van der Waals surface area contributed by atoms with Gasteiger partial charge in [-0.15, -0.1) is 10.2 Å². The Balaban J connectivity index is 0.000000347. The van der Waals surface area contributed by atoms with Crippen LogP contribution in [-0.2, 0) is 6.42 Å². The van der Waals surface area contributed by atoms with Gasteiger partial charge in [-0.3, -0.25) is 4.57 Å². The van der Waals surface area contributed by atoms with Gasteiger partial charge in [0.1, 0.15) is 23.7 Å².